The van der Waals surface area contributed by atoms with Crippen molar-refractivity contribution in [3.8, 4) is 5.75 Å². The molecule has 1 fully saturated rings. The van der Waals surface area contributed by atoms with Gasteiger partial charge in [-0.25, -0.2) is 0 Å². The van der Waals surface area contributed by atoms with Gasteiger partial charge in [0, 0.05) is 12.6 Å². The minimum Gasteiger partial charge on any atom is -0.494 e. The van der Waals surface area contributed by atoms with E-state index in [0.717, 1.165) is 30.7 Å². The van der Waals surface area contributed by atoms with Gasteiger partial charge in [-0.2, -0.15) is 0 Å². The van der Waals surface area contributed by atoms with Crippen LogP contribution < -0.4 is 4.74 Å². The number of nitrogens with zero attached hydrogens (tertiary/aromatic N) is 1. The van der Waals surface area contributed by atoms with Gasteiger partial charge in [0.15, 0.2) is 0 Å². The summed E-state index contributed by atoms with van der Waals surface area (Å²) >= 11 is 0. The van der Waals surface area contributed by atoms with Crippen molar-refractivity contribution in [3.05, 3.63) is 35.9 Å². The largest absolute Gasteiger partial charge is 0.494 e. The van der Waals surface area contributed by atoms with Gasteiger partial charge >= 0.3 is 0 Å². The number of carbonyl (C=O) groups is 1. The lowest BCUT2D eigenvalue weighted by Gasteiger charge is -2.21. The molecule has 0 aliphatic carbocycles. The number of carbonyl (C=O) groups excluding carboxylic acids is 1. The molecule has 1 unspecified atom stereocenters. The lowest BCUT2D eigenvalue weighted by molar-refractivity contribution is -0.127. The number of hydrogen-bond donors (Lipinski definition) is 1. The Morgan fingerprint density at radius 1 is 1.45 bits per heavy atom. The summed E-state index contributed by atoms with van der Waals surface area (Å²) in [7, 11) is 0. The van der Waals surface area contributed by atoms with E-state index in [9.17, 15) is 9.90 Å². The smallest absolute Gasteiger partial charge is 0.246 e. The van der Waals surface area contributed by atoms with E-state index in [1.54, 1.807) is 17.1 Å². The Labute approximate surface area is 119 Å². The number of benzene rings is 1. The van der Waals surface area contributed by atoms with E-state index in [4.69, 9.17) is 4.74 Å². The van der Waals surface area contributed by atoms with Crippen LogP contribution >= 0.6 is 0 Å². The van der Waals surface area contributed by atoms with E-state index in [-0.39, 0.29) is 18.6 Å². The molecule has 1 atom stereocenters. The van der Waals surface area contributed by atoms with Crippen LogP contribution in [0.3, 0.4) is 0 Å². The summed E-state index contributed by atoms with van der Waals surface area (Å²) in [6.07, 6.45) is 5.22. The van der Waals surface area contributed by atoms with E-state index in [1.165, 1.54) is 0 Å². The monoisotopic (exact) mass is 275 g/mol. The van der Waals surface area contributed by atoms with Crippen LogP contribution in [0.4, 0.5) is 0 Å². The van der Waals surface area contributed by atoms with Gasteiger partial charge in [-0.1, -0.05) is 12.1 Å². The molecule has 4 nitrogen and oxygen atoms in total. The second-order valence-electron chi connectivity index (χ2n) is 4.85. The van der Waals surface area contributed by atoms with Crippen LogP contribution in [0, 0.1) is 0 Å². The van der Waals surface area contributed by atoms with Crippen LogP contribution in [0.15, 0.2) is 30.3 Å². The molecule has 1 aromatic rings. The van der Waals surface area contributed by atoms with Crippen molar-refractivity contribution in [3.63, 3.8) is 0 Å². The molecule has 1 aliphatic rings. The Morgan fingerprint density at radius 2 is 2.20 bits per heavy atom. The number of aliphatic hydroxyl groups is 1. The van der Waals surface area contributed by atoms with Crippen LogP contribution in [0.1, 0.15) is 25.3 Å². The molecule has 4 heteroatoms. The minimum atomic E-state index is -0.0320. The predicted octanol–water partition coefficient (Wildman–Crippen LogP) is 2.08. The van der Waals surface area contributed by atoms with Crippen LogP contribution in [0.25, 0.3) is 6.08 Å². The van der Waals surface area contributed by atoms with Gasteiger partial charge in [-0.05, 0) is 43.5 Å². The molecule has 0 aromatic heterocycles. The molecule has 1 aliphatic heterocycles. The van der Waals surface area contributed by atoms with E-state index in [0.29, 0.717) is 6.61 Å². The standard InChI is InChI=1S/C16H21NO3/c1-2-20-15-8-5-13(6-9-15)7-10-16(19)17-11-3-4-14(17)12-18/h5-10,14,18H,2-4,11-12H2,1H3. The Morgan fingerprint density at radius 3 is 2.85 bits per heavy atom. The van der Waals surface area contributed by atoms with Gasteiger partial charge < -0.3 is 14.7 Å². The first-order chi connectivity index (χ1) is 9.74. The van der Waals surface area contributed by atoms with E-state index in [2.05, 4.69) is 0 Å². The fraction of sp³-hybridized carbons (Fsp3) is 0.438. The maximum Gasteiger partial charge on any atom is 0.246 e. The Balaban J connectivity index is 1.96. The van der Waals surface area contributed by atoms with Gasteiger partial charge in [-0.3, -0.25) is 4.79 Å². The molecule has 0 saturated carbocycles. The molecule has 1 amide bonds. The highest BCUT2D eigenvalue weighted by molar-refractivity contribution is 5.92. The van der Waals surface area contributed by atoms with Gasteiger partial charge in [0.1, 0.15) is 5.75 Å². The number of ether oxygens (including phenoxy) is 1. The fourth-order valence-corrected chi connectivity index (χ4v) is 2.42. The van der Waals surface area contributed by atoms with Crippen molar-refractivity contribution >= 4 is 12.0 Å². The van der Waals surface area contributed by atoms with Gasteiger partial charge in [-0.15, -0.1) is 0 Å². The second kappa shape index (κ2) is 7.10. The van der Waals surface area contributed by atoms with E-state index in [1.807, 2.05) is 31.2 Å². The first-order valence-electron chi connectivity index (χ1n) is 7.07. The van der Waals surface area contributed by atoms with E-state index >= 15 is 0 Å². The van der Waals surface area contributed by atoms with Crippen molar-refractivity contribution in [1.82, 2.24) is 4.90 Å². The van der Waals surface area contributed by atoms with E-state index < -0.39 is 0 Å². The first-order valence-corrected chi connectivity index (χ1v) is 7.07. The minimum absolute atomic E-state index is 0.0209. The normalized spacial score (nSPS) is 18.7. The highest BCUT2D eigenvalue weighted by Crippen LogP contribution is 2.18. The third kappa shape index (κ3) is 3.61. The molecule has 20 heavy (non-hydrogen) atoms. The van der Waals surface area contributed by atoms with Crippen LogP contribution in [0.2, 0.25) is 0 Å². The summed E-state index contributed by atoms with van der Waals surface area (Å²) < 4.78 is 5.37. The Hall–Kier alpha value is -1.81. The van der Waals surface area contributed by atoms with Crippen LogP contribution in [-0.2, 0) is 4.79 Å². The molecule has 108 valence electrons. The number of hydrogen-bond acceptors (Lipinski definition) is 3. The molecular formula is C16H21NO3. The third-order valence-electron chi connectivity index (χ3n) is 3.48. The molecule has 0 radical (unpaired) electrons. The predicted molar refractivity (Wildman–Crippen MR) is 78.5 cm³/mol. The molecule has 1 N–H and O–H groups in total. The highest BCUT2D eigenvalue weighted by atomic mass is 16.5. The SMILES string of the molecule is CCOc1ccc(C=CC(=O)N2CCCC2CO)cc1. The van der Waals surface area contributed by atoms with Crippen molar-refractivity contribution in [2.75, 3.05) is 19.8 Å². The molecule has 1 saturated heterocycles. The van der Waals surface area contributed by atoms with Crippen molar-refractivity contribution < 1.29 is 14.6 Å². The Bertz CT molecular complexity index is 467. The molecular weight excluding hydrogens is 254 g/mol. The number of rotatable bonds is 5. The average Bonchev–Trinajstić information content (AvgIpc) is 2.95. The molecule has 1 aromatic carbocycles. The fourth-order valence-electron chi connectivity index (χ4n) is 2.42. The summed E-state index contributed by atoms with van der Waals surface area (Å²) in [6.45, 7) is 3.37. The highest BCUT2D eigenvalue weighted by Gasteiger charge is 2.26. The van der Waals surface area contributed by atoms with Gasteiger partial charge in [0.25, 0.3) is 0 Å². The van der Waals surface area contributed by atoms with Gasteiger partial charge in [0.2, 0.25) is 5.91 Å². The van der Waals surface area contributed by atoms with Crippen LogP contribution in [-0.4, -0.2) is 41.7 Å². The average molecular weight is 275 g/mol. The maximum absolute atomic E-state index is 12.1. The molecule has 0 bridgehead atoms. The molecule has 0 spiro atoms. The molecule has 1 heterocycles. The third-order valence-corrected chi connectivity index (χ3v) is 3.48. The second-order valence-corrected chi connectivity index (χ2v) is 4.85. The first kappa shape index (κ1) is 14.6. The lowest BCUT2D eigenvalue weighted by Crippen LogP contribution is -2.36. The number of aliphatic hydroxyl groups excluding tert-OH is 1. The zero-order valence-electron chi connectivity index (χ0n) is 11.8. The summed E-state index contributed by atoms with van der Waals surface area (Å²) in [5.74, 6) is 0.797. The zero-order valence-corrected chi connectivity index (χ0v) is 11.8. The summed E-state index contributed by atoms with van der Waals surface area (Å²) in [6, 6.07) is 7.59. The summed E-state index contributed by atoms with van der Waals surface area (Å²) in [5.41, 5.74) is 0.960. The number of amides is 1. The summed E-state index contributed by atoms with van der Waals surface area (Å²) in [5, 5.41) is 9.22. The topological polar surface area (TPSA) is 49.8 Å². The van der Waals surface area contributed by atoms with Crippen molar-refractivity contribution in [2.24, 2.45) is 0 Å². The van der Waals surface area contributed by atoms with Crippen LogP contribution in [0.5, 0.6) is 5.75 Å². The lowest BCUT2D eigenvalue weighted by atomic mass is 10.2. The van der Waals surface area contributed by atoms with Crippen molar-refractivity contribution in [1.29, 1.82) is 0 Å². The molecule has 2 rings (SSSR count). The Kier molecular flexibility index (Phi) is 5.18. The number of likely N-dealkylation sites (tertiary alicyclic amines) is 1. The van der Waals surface area contributed by atoms with Gasteiger partial charge in [0.05, 0.1) is 19.3 Å². The summed E-state index contributed by atoms with van der Waals surface area (Å²) in [4.78, 5) is 13.8. The quantitative estimate of drug-likeness (QED) is 0.837. The zero-order chi connectivity index (χ0) is 14.4. The maximum atomic E-state index is 12.1. The van der Waals surface area contributed by atoms with Crippen molar-refractivity contribution in [2.45, 2.75) is 25.8 Å².